The molecule has 0 saturated carbocycles. The van der Waals surface area contributed by atoms with Crippen LogP contribution in [0.15, 0.2) is 53.3 Å². The highest BCUT2D eigenvalue weighted by Crippen LogP contribution is 2.17. The molecule has 3 N–H and O–H groups in total. The summed E-state index contributed by atoms with van der Waals surface area (Å²) in [6, 6.07) is 11.1. The van der Waals surface area contributed by atoms with E-state index in [-0.39, 0.29) is 5.91 Å². The number of furan rings is 1. The number of nitrogens with two attached hydrogens (primary N) is 1. The van der Waals surface area contributed by atoms with Crippen molar-refractivity contribution in [1.82, 2.24) is 5.32 Å². The fourth-order valence-electron chi connectivity index (χ4n) is 1.67. The minimum absolute atomic E-state index is 0.213. The van der Waals surface area contributed by atoms with Crippen LogP contribution in [0.1, 0.15) is 18.1 Å². The summed E-state index contributed by atoms with van der Waals surface area (Å²) in [5.41, 5.74) is 6.75. The highest BCUT2D eigenvalue weighted by atomic mass is 16.3. The van der Waals surface area contributed by atoms with Gasteiger partial charge in [0.25, 0.3) is 0 Å². The topological polar surface area (TPSA) is 68.3 Å². The molecule has 0 radical (unpaired) electrons. The molecule has 1 aromatic heterocycles. The van der Waals surface area contributed by atoms with Crippen molar-refractivity contribution < 1.29 is 9.21 Å². The number of nitrogens with one attached hydrogen (secondary N) is 1. The molecular weight excluding hydrogens is 228 g/mol. The zero-order valence-electron chi connectivity index (χ0n) is 10.2. The molecular formula is C14H16N2O2. The van der Waals surface area contributed by atoms with Crippen molar-refractivity contribution in [2.75, 3.05) is 0 Å². The van der Waals surface area contributed by atoms with E-state index in [0.29, 0.717) is 6.54 Å². The third-order valence-electron chi connectivity index (χ3n) is 2.88. The van der Waals surface area contributed by atoms with Gasteiger partial charge in [0.15, 0.2) is 0 Å². The molecule has 0 fully saturated rings. The minimum Gasteiger partial charge on any atom is -0.472 e. The smallest absolute Gasteiger partial charge is 0.244 e. The van der Waals surface area contributed by atoms with Crippen LogP contribution >= 0.6 is 0 Å². The number of amides is 1. The van der Waals surface area contributed by atoms with E-state index in [1.807, 2.05) is 30.3 Å². The molecule has 1 atom stereocenters. The lowest BCUT2D eigenvalue weighted by atomic mass is 9.92. The lowest BCUT2D eigenvalue weighted by Gasteiger charge is -2.23. The quantitative estimate of drug-likeness (QED) is 0.861. The normalized spacial score (nSPS) is 13.9. The minimum atomic E-state index is -1.04. The summed E-state index contributed by atoms with van der Waals surface area (Å²) in [6.07, 6.45) is 3.16. The lowest BCUT2D eigenvalue weighted by Crippen LogP contribution is -2.48. The SMILES string of the molecule is CC(N)(C(=O)NCc1ccoc1)c1ccccc1. The van der Waals surface area contributed by atoms with E-state index >= 15 is 0 Å². The van der Waals surface area contributed by atoms with Gasteiger partial charge in [0.05, 0.1) is 12.5 Å². The van der Waals surface area contributed by atoms with Crippen LogP contribution in [0.25, 0.3) is 0 Å². The fourth-order valence-corrected chi connectivity index (χ4v) is 1.67. The average Bonchev–Trinajstić information content (AvgIpc) is 2.90. The number of carbonyl (C=O) groups is 1. The van der Waals surface area contributed by atoms with Crippen LogP contribution in [0.4, 0.5) is 0 Å². The Morgan fingerprint density at radius 1 is 1.33 bits per heavy atom. The van der Waals surface area contributed by atoms with Gasteiger partial charge in [-0.15, -0.1) is 0 Å². The highest BCUT2D eigenvalue weighted by molar-refractivity contribution is 5.86. The molecule has 94 valence electrons. The van der Waals surface area contributed by atoms with Crippen LogP contribution in [0.2, 0.25) is 0 Å². The molecule has 1 amide bonds. The van der Waals surface area contributed by atoms with Crippen LogP contribution in [-0.2, 0) is 16.9 Å². The summed E-state index contributed by atoms with van der Waals surface area (Å²) in [7, 11) is 0. The molecule has 0 bridgehead atoms. The predicted octanol–water partition coefficient (Wildman–Crippen LogP) is 1.77. The van der Waals surface area contributed by atoms with Crippen molar-refractivity contribution in [3.63, 3.8) is 0 Å². The number of carbonyl (C=O) groups excluding carboxylic acids is 1. The summed E-state index contributed by atoms with van der Waals surface area (Å²) in [4.78, 5) is 12.1. The molecule has 0 aliphatic rings. The second-order valence-corrected chi connectivity index (χ2v) is 4.38. The summed E-state index contributed by atoms with van der Waals surface area (Å²) in [5.74, 6) is -0.213. The van der Waals surface area contributed by atoms with Crippen LogP contribution in [0.5, 0.6) is 0 Å². The Balaban J connectivity index is 2.04. The first kappa shape index (κ1) is 12.4. The van der Waals surface area contributed by atoms with E-state index < -0.39 is 5.54 Å². The maximum absolute atomic E-state index is 12.1. The van der Waals surface area contributed by atoms with Crippen molar-refractivity contribution >= 4 is 5.91 Å². The first-order valence-corrected chi connectivity index (χ1v) is 5.74. The van der Waals surface area contributed by atoms with E-state index in [1.165, 1.54) is 0 Å². The number of rotatable bonds is 4. The molecule has 2 rings (SSSR count). The monoisotopic (exact) mass is 244 g/mol. The third kappa shape index (κ3) is 2.60. The Kier molecular flexibility index (Phi) is 3.48. The maximum atomic E-state index is 12.1. The van der Waals surface area contributed by atoms with E-state index in [9.17, 15) is 4.79 Å². The van der Waals surface area contributed by atoms with E-state index in [2.05, 4.69) is 5.32 Å². The van der Waals surface area contributed by atoms with Crippen LogP contribution in [-0.4, -0.2) is 5.91 Å². The first-order valence-electron chi connectivity index (χ1n) is 5.74. The van der Waals surface area contributed by atoms with Crippen LogP contribution in [0, 0.1) is 0 Å². The largest absolute Gasteiger partial charge is 0.472 e. The summed E-state index contributed by atoms with van der Waals surface area (Å²) < 4.78 is 4.93. The maximum Gasteiger partial charge on any atom is 0.244 e. The molecule has 2 aromatic rings. The summed E-state index contributed by atoms with van der Waals surface area (Å²) in [6.45, 7) is 2.11. The number of benzene rings is 1. The second kappa shape index (κ2) is 5.06. The molecule has 0 aliphatic carbocycles. The third-order valence-corrected chi connectivity index (χ3v) is 2.88. The van der Waals surface area contributed by atoms with Crippen molar-refractivity contribution in [3.8, 4) is 0 Å². The molecule has 0 spiro atoms. The van der Waals surface area contributed by atoms with Gasteiger partial charge in [-0.05, 0) is 18.6 Å². The Bertz CT molecular complexity index is 504. The van der Waals surface area contributed by atoms with E-state index in [0.717, 1.165) is 11.1 Å². The van der Waals surface area contributed by atoms with Gasteiger partial charge in [0.1, 0.15) is 5.54 Å². The van der Waals surface area contributed by atoms with Gasteiger partial charge in [0, 0.05) is 12.1 Å². The molecule has 1 heterocycles. The Morgan fingerprint density at radius 2 is 2.06 bits per heavy atom. The van der Waals surface area contributed by atoms with Gasteiger partial charge < -0.3 is 15.5 Å². The van der Waals surface area contributed by atoms with Crippen molar-refractivity contribution in [2.24, 2.45) is 5.73 Å². The van der Waals surface area contributed by atoms with E-state index in [1.54, 1.807) is 25.5 Å². The molecule has 4 heteroatoms. The first-order chi connectivity index (χ1) is 8.60. The van der Waals surface area contributed by atoms with Gasteiger partial charge in [-0.25, -0.2) is 0 Å². The Labute approximate surface area is 106 Å². The zero-order valence-corrected chi connectivity index (χ0v) is 10.2. The number of hydrogen-bond donors (Lipinski definition) is 2. The van der Waals surface area contributed by atoms with Crippen LogP contribution < -0.4 is 11.1 Å². The van der Waals surface area contributed by atoms with Crippen LogP contribution in [0.3, 0.4) is 0 Å². The number of hydrogen-bond acceptors (Lipinski definition) is 3. The Hall–Kier alpha value is -2.07. The van der Waals surface area contributed by atoms with Gasteiger partial charge in [-0.3, -0.25) is 4.79 Å². The molecule has 4 nitrogen and oxygen atoms in total. The summed E-state index contributed by atoms with van der Waals surface area (Å²) in [5, 5.41) is 2.80. The summed E-state index contributed by atoms with van der Waals surface area (Å²) >= 11 is 0. The van der Waals surface area contributed by atoms with E-state index in [4.69, 9.17) is 10.2 Å². The standard InChI is InChI=1S/C14H16N2O2/c1-14(15,12-5-3-2-4-6-12)13(17)16-9-11-7-8-18-10-11/h2-8,10H,9,15H2,1H3,(H,16,17). The van der Waals surface area contributed by atoms with Gasteiger partial charge in [0.2, 0.25) is 5.91 Å². The van der Waals surface area contributed by atoms with Crippen molar-refractivity contribution in [3.05, 3.63) is 60.1 Å². The molecule has 1 unspecified atom stereocenters. The molecule has 0 aliphatic heterocycles. The molecule has 0 saturated heterocycles. The van der Waals surface area contributed by atoms with Gasteiger partial charge in [-0.2, -0.15) is 0 Å². The average molecular weight is 244 g/mol. The highest BCUT2D eigenvalue weighted by Gasteiger charge is 2.29. The lowest BCUT2D eigenvalue weighted by molar-refractivity contribution is -0.126. The fraction of sp³-hybridized carbons (Fsp3) is 0.214. The molecule has 18 heavy (non-hydrogen) atoms. The van der Waals surface area contributed by atoms with Crippen molar-refractivity contribution in [1.29, 1.82) is 0 Å². The zero-order chi connectivity index (χ0) is 13.0. The van der Waals surface area contributed by atoms with Gasteiger partial charge in [-0.1, -0.05) is 30.3 Å². The Morgan fingerprint density at radius 3 is 2.67 bits per heavy atom. The molecule has 1 aromatic carbocycles. The predicted molar refractivity (Wildman–Crippen MR) is 68.5 cm³/mol. The van der Waals surface area contributed by atoms with Crippen molar-refractivity contribution in [2.45, 2.75) is 19.0 Å². The second-order valence-electron chi connectivity index (χ2n) is 4.38. The van der Waals surface area contributed by atoms with Gasteiger partial charge >= 0.3 is 0 Å².